The van der Waals surface area contributed by atoms with E-state index < -0.39 is 5.78 Å². The van der Waals surface area contributed by atoms with Crippen LogP contribution in [0.15, 0.2) is 24.8 Å². The second-order valence-corrected chi connectivity index (χ2v) is 6.02. The van der Waals surface area contributed by atoms with E-state index in [1.807, 2.05) is 28.9 Å². The molecule has 1 aromatic heterocycles. The molecule has 126 valence electrons. The van der Waals surface area contributed by atoms with Gasteiger partial charge < -0.3 is 14.0 Å². The highest BCUT2D eigenvalue weighted by Gasteiger charge is 2.28. The fourth-order valence-electron chi connectivity index (χ4n) is 3.65. The summed E-state index contributed by atoms with van der Waals surface area (Å²) in [5.41, 5.74) is 1.28. The van der Waals surface area contributed by atoms with Crippen molar-refractivity contribution in [3.8, 4) is 11.5 Å². The molecule has 4 rings (SSSR count). The maximum absolute atomic E-state index is 12.5. The lowest BCUT2D eigenvalue weighted by atomic mass is 9.98. The average molecular weight is 335 g/mol. The standard InChI is InChI=1S/C20H17NO4/c1-4-7-21-14-5-6-15(22)20(23)18(14)13-8-11-9-16(24-2)17(25-3)10-12(11)19(13)21/h4-5,8-10H,1,6-7H2,2-3H3. The number of fused-ring (bicyclic) bond motifs is 4. The molecular formula is C20H17NO4. The first kappa shape index (κ1) is 15.4. The summed E-state index contributed by atoms with van der Waals surface area (Å²) in [5.74, 6) is 0.462. The summed E-state index contributed by atoms with van der Waals surface area (Å²) in [4.78, 5) is 24.4. The third-order valence-corrected chi connectivity index (χ3v) is 4.72. The summed E-state index contributed by atoms with van der Waals surface area (Å²) in [6.07, 6.45) is 5.70. The van der Waals surface area contributed by atoms with E-state index in [2.05, 4.69) is 6.58 Å². The van der Waals surface area contributed by atoms with Crippen LogP contribution in [0.2, 0.25) is 0 Å². The first-order chi connectivity index (χ1) is 12.1. The van der Waals surface area contributed by atoms with Crippen LogP contribution in [0.25, 0.3) is 12.2 Å². The smallest absolute Gasteiger partial charge is 0.231 e. The Morgan fingerprint density at radius 3 is 2.60 bits per heavy atom. The van der Waals surface area contributed by atoms with E-state index >= 15 is 0 Å². The predicted octanol–water partition coefficient (Wildman–Crippen LogP) is 1.06. The molecule has 2 aliphatic rings. The van der Waals surface area contributed by atoms with Gasteiger partial charge in [0.1, 0.15) is 0 Å². The Bertz CT molecular complexity index is 1170. The Morgan fingerprint density at radius 1 is 1.20 bits per heavy atom. The Kier molecular flexibility index (Phi) is 3.39. The average Bonchev–Trinajstić information content (AvgIpc) is 3.12. The molecule has 0 bridgehead atoms. The van der Waals surface area contributed by atoms with Crippen LogP contribution in [-0.2, 0) is 11.3 Å². The van der Waals surface area contributed by atoms with Gasteiger partial charge in [0.05, 0.1) is 25.1 Å². The topological polar surface area (TPSA) is 57.5 Å². The second-order valence-electron chi connectivity index (χ2n) is 6.02. The lowest BCUT2D eigenvalue weighted by molar-refractivity contribution is -0.114. The lowest BCUT2D eigenvalue weighted by Crippen LogP contribution is -2.31. The second kappa shape index (κ2) is 5.48. The van der Waals surface area contributed by atoms with E-state index in [0.29, 0.717) is 23.6 Å². The number of ether oxygens (including phenoxy) is 2. The van der Waals surface area contributed by atoms with Gasteiger partial charge in [-0.05, 0) is 23.4 Å². The van der Waals surface area contributed by atoms with Crippen molar-refractivity contribution in [1.29, 1.82) is 0 Å². The normalized spacial score (nSPS) is 14.2. The highest BCUT2D eigenvalue weighted by molar-refractivity contribution is 6.46. The van der Waals surface area contributed by atoms with Crippen molar-refractivity contribution in [3.05, 3.63) is 57.1 Å². The molecule has 0 atom stereocenters. The van der Waals surface area contributed by atoms with Crippen LogP contribution in [0.4, 0.5) is 0 Å². The molecule has 0 aliphatic heterocycles. The molecule has 0 amide bonds. The highest BCUT2D eigenvalue weighted by atomic mass is 16.5. The third kappa shape index (κ3) is 2.02. The minimum Gasteiger partial charge on any atom is -0.493 e. The van der Waals surface area contributed by atoms with E-state index in [9.17, 15) is 9.59 Å². The minimum absolute atomic E-state index is 0.144. The molecule has 0 fully saturated rings. The van der Waals surface area contributed by atoms with E-state index in [-0.39, 0.29) is 12.2 Å². The molecule has 0 N–H and O–H groups in total. The number of carbonyl (C=O) groups excluding carboxylic acids is 2. The number of carbonyl (C=O) groups is 2. The number of nitrogens with zero attached hydrogens (tertiary/aromatic N) is 1. The molecule has 2 aliphatic carbocycles. The van der Waals surface area contributed by atoms with Crippen LogP contribution in [0.3, 0.4) is 0 Å². The van der Waals surface area contributed by atoms with E-state index in [1.54, 1.807) is 20.3 Å². The van der Waals surface area contributed by atoms with E-state index in [4.69, 9.17) is 9.47 Å². The van der Waals surface area contributed by atoms with Crippen LogP contribution >= 0.6 is 0 Å². The molecule has 0 radical (unpaired) electrons. The number of hydrogen-bond donors (Lipinski definition) is 0. The van der Waals surface area contributed by atoms with Gasteiger partial charge in [-0.25, -0.2) is 0 Å². The van der Waals surface area contributed by atoms with Crippen LogP contribution < -0.4 is 20.0 Å². The summed E-state index contributed by atoms with van der Waals surface area (Å²) in [5, 5.41) is 3.61. The summed E-state index contributed by atoms with van der Waals surface area (Å²) in [6.45, 7) is 4.37. The highest BCUT2D eigenvalue weighted by Crippen LogP contribution is 2.27. The molecule has 0 spiro atoms. The van der Waals surface area contributed by atoms with Gasteiger partial charge >= 0.3 is 0 Å². The fraction of sp³-hybridized carbons (Fsp3) is 0.200. The van der Waals surface area contributed by atoms with Crippen molar-refractivity contribution in [1.82, 2.24) is 4.57 Å². The maximum atomic E-state index is 12.5. The van der Waals surface area contributed by atoms with Crippen LogP contribution in [0.1, 0.15) is 22.3 Å². The molecule has 5 heteroatoms. The number of allylic oxidation sites excluding steroid dienone is 1. The van der Waals surface area contributed by atoms with Gasteiger partial charge in [0.15, 0.2) is 11.5 Å². The zero-order chi connectivity index (χ0) is 17.7. The van der Waals surface area contributed by atoms with E-state index in [1.165, 1.54) is 0 Å². The van der Waals surface area contributed by atoms with E-state index in [0.717, 1.165) is 26.7 Å². The van der Waals surface area contributed by atoms with Crippen molar-refractivity contribution in [3.63, 3.8) is 0 Å². The minimum atomic E-state index is -0.417. The van der Waals surface area contributed by atoms with Gasteiger partial charge in [0.25, 0.3) is 0 Å². The Balaban J connectivity index is 2.21. The van der Waals surface area contributed by atoms with Crippen molar-refractivity contribution in [2.24, 2.45) is 0 Å². The summed E-state index contributed by atoms with van der Waals surface area (Å²) >= 11 is 0. The zero-order valence-corrected chi connectivity index (χ0v) is 14.1. The number of benzene rings is 1. The molecule has 25 heavy (non-hydrogen) atoms. The molecular weight excluding hydrogens is 318 g/mol. The van der Waals surface area contributed by atoms with Gasteiger partial charge in [-0.1, -0.05) is 12.2 Å². The van der Waals surface area contributed by atoms with Gasteiger partial charge in [0.2, 0.25) is 11.6 Å². The molecule has 0 unspecified atom stereocenters. The van der Waals surface area contributed by atoms with Crippen LogP contribution in [-0.4, -0.2) is 30.4 Å². The molecule has 0 saturated carbocycles. The summed E-state index contributed by atoms with van der Waals surface area (Å²) < 4.78 is 12.8. The molecule has 5 nitrogen and oxygen atoms in total. The molecule has 1 aromatic carbocycles. The summed E-state index contributed by atoms with van der Waals surface area (Å²) in [6, 6.07) is 3.80. The first-order valence-electron chi connectivity index (χ1n) is 8.00. The van der Waals surface area contributed by atoms with Crippen molar-refractivity contribution >= 4 is 23.7 Å². The molecule has 1 heterocycles. The number of rotatable bonds is 4. The summed E-state index contributed by atoms with van der Waals surface area (Å²) in [7, 11) is 3.18. The van der Waals surface area contributed by atoms with Gasteiger partial charge in [0, 0.05) is 29.1 Å². The van der Waals surface area contributed by atoms with Crippen molar-refractivity contribution < 1.29 is 19.1 Å². The fourth-order valence-corrected chi connectivity index (χ4v) is 3.65. The van der Waals surface area contributed by atoms with Crippen LogP contribution in [0, 0.1) is 10.6 Å². The number of hydrogen-bond acceptors (Lipinski definition) is 4. The number of ketones is 2. The van der Waals surface area contributed by atoms with Gasteiger partial charge in [-0.2, -0.15) is 0 Å². The number of Topliss-reactive ketones (excluding diaryl/α,β-unsaturated/α-hetero) is 2. The Morgan fingerprint density at radius 2 is 1.92 bits per heavy atom. The van der Waals surface area contributed by atoms with Crippen LogP contribution in [0.5, 0.6) is 11.5 Å². The Labute approximate surface area is 143 Å². The first-order valence-corrected chi connectivity index (χ1v) is 8.00. The zero-order valence-electron chi connectivity index (χ0n) is 14.1. The maximum Gasteiger partial charge on any atom is 0.231 e. The Hall–Kier alpha value is -3.08. The SMILES string of the molecule is C=CCn1c2c(c3c1=c1cc(OC)c(OC)cc1=C3)C(=O)C(=O)CC=2. The van der Waals surface area contributed by atoms with Crippen molar-refractivity contribution in [2.75, 3.05) is 14.2 Å². The van der Waals surface area contributed by atoms with Crippen molar-refractivity contribution in [2.45, 2.75) is 13.0 Å². The predicted molar refractivity (Wildman–Crippen MR) is 93.1 cm³/mol. The molecule has 0 saturated heterocycles. The number of aromatic nitrogens is 1. The number of methoxy groups -OCH3 is 2. The molecule has 2 aromatic rings. The van der Waals surface area contributed by atoms with Gasteiger partial charge in [-0.3, -0.25) is 9.59 Å². The monoisotopic (exact) mass is 335 g/mol. The van der Waals surface area contributed by atoms with Gasteiger partial charge in [-0.15, -0.1) is 6.58 Å². The largest absolute Gasteiger partial charge is 0.493 e. The quantitative estimate of drug-likeness (QED) is 0.528. The lowest BCUT2D eigenvalue weighted by Gasteiger charge is -2.08. The third-order valence-electron chi connectivity index (χ3n) is 4.72.